The van der Waals surface area contributed by atoms with Crippen molar-refractivity contribution in [3.05, 3.63) is 27.7 Å². The fourth-order valence-electron chi connectivity index (χ4n) is 4.17. The van der Waals surface area contributed by atoms with E-state index in [0.717, 1.165) is 42.6 Å². The van der Waals surface area contributed by atoms with Crippen LogP contribution in [0.3, 0.4) is 0 Å². The Morgan fingerprint density at radius 3 is 2.86 bits per heavy atom. The number of fused-ring (bicyclic) bond motifs is 1. The van der Waals surface area contributed by atoms with E-state index in [2.05, 4.69) is 38.3 Å². The molecule has 0 saturated carbocycles. The van der Waals surface area contributed by atoms with Crippen LogP contribution in [0, 0.1) is 0 Å². The molecule has 1 atom stereocenters. The highest BCUT2D eigenvalue weighted by Crippen LogP contribution is 2.47. The van der Waals surface area contributed by atoms with Gasteiger partial charge in [0, 0.05) is 35.6 Å². The topological polar surface area (TPSA) is 41.6 Å². The predicted octanol–water partition coefficient (Wildman–Crippen LogP) is 2.41. The van der Waals surface area contributed by atoms with Gasteiger partial charge in [0.25, 0.3) is 0 Å². The zero-order valence-corrected chi connectivity index (χ0v) is 13.7. The predicted molar refractivity (Wildman–Crippen MR) is 83.4 cm³/mol. The first-order valence-electron chi connectivity index (χ1n) is 7.52. The summed E-state index contributed by atoms with van der Waals surface area (Å²) in [7, 11) is 1.74. The molecule has 112 valence electrons. The van der Waals surface area contributed by atoms with Crippen LogP contribution in [0.5, 0.6) is 5.75 Å². The van der Waals surface area contributed by atoms with Crippen molar-refractivity contribution in [2.45, 2.75) is 37.3 Å². The lowest BCUT2D eigenvalue weighted by molar-refractivity contribution is -0.121. The van der Waals surface area contributed by atoms with Gasteiger partial charge < -0.3 is 10.1 Å². The number of hydrogen-bond donors (Lipinski definition) is 1. The molecule has 1 aromatic rings. The molecule has 0 aromatic heterocycles. The number of aryl methyl sites for hydroxylation is 1. The Morgan fingerprint density at radius 1 is 1.38 bits per heavy atom. The summed E-state index contributed by atoms with van der Waals surface area (Å²) >= 11 is 3.56. The fourth-order valence-corrected chi connectivity index (χ4v) is 4.65. The molecular formula is C16H19BrN2O2. The lowest BCUT2D eigenvalue weighted by atomic mass is 9.86. The van der Waals surface area contributed by atoms with Crippen molar-refractivity contribution in [2.75, 3.05) is 20.2 Å². The van der Waals surface area contributed by atoms with Crippen molar-refractivity contribution < 1.29 is 9.53 Å². The number of rotatable bonds is 2. The lowest BCUT2D eigenvalue weighted by Gasteiger charge is -2.51. The van der Waals surface area contributed by atoms with E-state index in [1.807, 2.05) is 0 Å². The first-order chi connectivity index (χ1) is 10.1. The van der Waals surface area contributed by atoms with Crippen LogP contribution in [0.25, 0.3) is 0 Å². The van der Waals surface area contributed by atoms with Crippen molar-refractivity contribution >= 4 is 21.8 Å². The van der Waals surface area contributed by atoms with E-state index in [-0.39, 0.29) is 11.4 Å². The van der Waals surface area contributed by atoms with E-state index < -0.39 is 0 Å². The minimum absolute atomic E-state index is 0.0580. The van der Waals surface area contributed by atoms with Gasteiger partial charge in [-0.2, -0.15) is 0 Å². The second-order valence-electron chi connectivity index (χ2n) is 6.47. The maximum Gasteiger partial charge on any atom is 0.220 e. The van der Waals surface area contributed by atoms with Crippen molar-refractivity contribution in [1.82, 2.24) is 10.2 Å². The Morgan fingerprint density at radius 2 is 2.19 bits per heavy atom. The highest BCUT2D eigenvalue weighted by atomic mass is 79.9. The molecule has 4 rings (SSSR count). The number of ether oxygens (including phenoxy) is 1. The molecule has 0 bridgehead atoms. The van der Waals surface area contributed by atoms with E-state index in [1.54, 1.807) is 7.11 Å². The molecule has 1 amide bonds. The second kappa shape index (κ2) is 4.71. The summed E-state index contributed by atoms with van der Waals surface area (Å²) in [5, 5.41) is 3.16. The Labute approximate surface area is 133 Å². The normalized spacial score (nSPS) is 26.6. The average molecular weight is 351 g/mol. The lowest BCUT2D eigenvalue weighted by Crippen LogP contribution is -2.67. The molecule has 2 saturated heterocycles. The van der Waals surface area contributed by atoms with Gasteiger partial charge in [0.2, 0.25) is 5.91 Å². The summed E-state index contributed by atoms with van der Waals surface area (Å²) in [6.07, 6.45) is 3.92. The number of carbonyl (C=O) groups excluding carboxylic acids is 1. The number of benzene rings is 1. The first kappa shape index (κ1) is 13.6. The van der Waals surface area contributed by atoms with Gasteiger partial charge in [0.15, 0.2) is 0 Å². The summed E-state index contributed by atoms with van der Waals surface area (Å²) in [5.74, 6) is 1.20. The molecule has 3 aliphatic rings. The van der Waals surface area contributed by atoms with Gasteiger partial charge in [-0.3, -0.25) is 9.69 Å². The quantitative estimate of drug-likeness (QED) is 0.890. The number of nitrogens with one attached hydrogen (secondary N) is 1. The first-order valence-corrected chi connectivity index (χ1v) is 8.31. The SMILES string of the molecule is COc1cc(Br)cc2c1[C@H](N1CC3(CCC(=O)N3)C1)CC2. The van der Waals surface area contributed by atoms with Crippen molar-refractivity contribution in [3.63, 3.8) is 0 Å². The summed E-state index contributed by atoms with van der Waals surface area (Å²) < 4.78 is 6.68. The number of carbonyl (C=O) groups is 1. The second-order valence-corrected chi connectivity index (χ2v) is 7.38. The van der Waals surface area contributed by atoms with Crippen molar-refractivity contribution in [3.8, 4) is 5.75 Å². The standard InChI is InChI=1S/C16H19BrN2O2/c1-21-13-7-11(17)6-10-2-3-12(15(10)13)19-8-16(9-19)5-4-14(20)18-16/h6-7,12H,2-5,8-9H2,1H3,(H,18,20)/t12-/m1/s1. The minimum atomic E-state index is 0.0580. The van der Waals surface area contributed by atoms with Crippen LogP contribution in [0.4, 0.5) is 0 Å². The van der Waals surface area contributed by atoms with Gasteiger partial charge in [0.05, 0.1) is 12.6 Å². The number of nitrogens with zero attached hydrogens (tertiary/aromatic N) is 1. The largest absolute Gasteiger partial charge is 0.496 e. The number of halogens is 1. The van der Waals surface area contributed by atoms with E-state index in [4.69, 9.17) is 4.74 Å². The Balaban J connectivity index is 1.57. The zero-order chi connectivity index (χ0) is 14.6. The molecule has 2 aliphatic heterocycles. The van der Waals surface area contributed by atoms with Gasteiger partial charge in [0.1, 0.15) is 5.75 Å². The molecule has 1 aliphatic carbocycles. The number of likely N-dealkylation sites (tertiary alicyclic amines) is 1. The van der Waals surface area contributed by atoms with Crippen LogP contribution < -0.4 is 10.1 Å². The highest BCUT2D eigenvalue weighted by molar-refractivity contribution is 9.10. The minimum Gasteiger partial charge on any atom is -0.496 e. The van der Waals surface area contributed by atoms with Gasteiger partial charge >= 0.3 is 0 Å². The van der Waals surface area contributed by atoms with Crippen molar-refractivity contribution in [1.29, 1.82) is 0 Å². The maximum atomic E-state index is 11.5. The summed E-state index contributed by atoms with van der Waals surface area (Å²) in [6, 6.07) is 4.71. The van der Waals surface area contributed by atoms with Crippen LogP contribution in [0.2, 0.25) is 0 Å². The van der Waals surface area contributed by atoms with Crippen LogP contribution in [-0.2, 0) is 11.2 Å². The molecule has 1 aromatic carbocycles. The Kier molecular flexibility index (Phi) is 3.05. The third-order valence-corrected chi connectivity index (χ3v) is 5.58. The molecule has 0 radical (unpaired) electrons. The van der Waals surface area contributed by atoms with Crippen LogP contribution in [-0.4, -0.2) is 36.5 Å². The smallest absolute Gasteiger partial charge is 0.220 e. The Hall–Kier alpha value is -1.07. The molecule has 1 N–H and O–H groups in total. The summed E-state index contributed by atoms with van der Waals surface area (Å²) in [6.45, 7) is 1.95. The maximum absolute atomic E-state index is 11.5. The Bertz CT molecular complexity index is 611. The third-order valence-electron chi connectivity index (χ3n) is 5.12. The highest BCUT2D eigenvalue weighted by Gasteiger charge is 2.50. The number of amides is 1. The van der Waals surface area contributed by atoms with Crippen LogP contribution >= 0.6 is 15.9 Å². The summed E-state index contributed by atoms with van der Waals surface area (Å²) in [4.78, 5) is 14.0. The van der Waals surface area contributed by atoms with Gasteiger partial charge in [-0.25, -0.2) is 0 Å². The van der Waals surface area contributed by atoms with Crippen molar-refractivity contribution in [2.24, 2.45) is 0 Å². The molecule has 0 unspecified atom stereocenters. The zero-order valence-electron chi connectivity index (χ0n) is 12.1. The molecule has 4 nitrogen and oxygen atoms in total. The fraction of sp³-hybridized carbons (Fsp3) is 0.562. The van der Waals surface area contributed by atoms with Gasteiger partial charge in [-0.1, -0.05) is 15.9 Å². The van der Waals surface area contributed by atoms with Crippen LogP contribution in [0.15, 0.2) is 16.6 Å². The van der Waals surface area contributed by atoms with E-state index >= 15 is 0 Å². The molecule has 2 fully saturated rings. The molecular weight excluding hydrogens is 332 g/mol. The molecule has 21 heavy (non-hydrogen) atoms. The monoisotopic (exact) mass is 350 g/mol. The molecule has 2 heterocycles. The third kappa shape index (κ3) is 2.09. The number of hydrogen-bond acceptors (Lipinski definition) is 3. The van der Waals surface area contributed by atoms with E-state index in [0.29, 0.717) is 12.5 Å². The number of methoxy groups -OCH3 is 1. The summed E-state index contributed by atoms with van der Waals surface area (Å²) in [5.41, 5.74) is 2.80. The van der Waals surface area contributed by atoms with E-state index in [9.17, 15) is 4.79 Å². The van der Waals surface area contributed by atoms with Gasteiger partial charge in [-0.05, 0) is 37.0 Å². The average Bonchev–Trinajstić information content (AvgIpc) is 2.99. The van der Waals surface area contributed by atoms with E-state index in [1.165, 1.54) is 11.1 Å². The van der Waals surface area contributed by atoms with Gasteiger partial charge in [-0.15, -0.1) is 0 Å². The molecule has 5 heteroatoms. The van der Waals surface area contributed by atoms with Crippen LogP contribution in [0.1, 0.15) is 36.4 Å². The molecule has 1 spiro atoms.